The molecule has 0 aliphatic carbocycles. The maximum Gasteiger partial charge on any atom is 0.253 e. The average Bonchev–Trinajstić information content (AvgIpc) is 2.85. The molecule has 2 amide bonds. The number of rotatable bonds is 6. The summed E-state index contributed by atoms with van der Waals surface area (Å²) in [5, 5.41) is 6.31. The van der Waals surface area contributed by atoms with Gasteiger partial charge < -0.3 is 15.5 Å². The fourth-order valence-electron chi connectivity index (χ4n) is 4.40. The Labute approximate surface area is 195 Å². The molecular formula is C28H31N3O2. The van der Waals surface area contributed by atoms with Gasteiger partial charge in [-0.15, -0.1) is 0 Å². The summed E-state index contributed by atoms with van der Waals surface area (Å²) in [5.74, 6) is -0.0850. The molecule has 1 unspecified atom stereocenters. The summed E-state index contributed by atoms with van der Waals surface area (Å²) in [5.41, 5.74) is 4.42. The zero-order valence-corrected chi connectivity index (χ0v) is 19.3. The van der Waals surface area contributed by atoms with Crippen LogP contribution in [-0.2, 0) is 0 Å². The SMILES string of the molecule is Cc1ccccc1C(=O)NC1CCN(c2ccccc2C(=O)NC(C)c2ccccc2)CC1. The highest BCUT2D eigenvalue weighted by molar-refractivity contribution is 6.00. The van der Waals surface area contributed by atoms with E-state index < -0.39 is 0 Å². The first-order valence-corrected chi connectivity index (χ1v) is 11.6. The number of para-hydroxylation sites is 1. The highest BCUT2D eigenvalue weighted by atomic mass is 16.2. The molecule has 0 radical (unpaired) electrons. The Morgan fingerprint density at radius 3 is 2.12 bits per heavy atom. The lowest BCUT2D eigenvalue weighted by atomic mass is 10.0. The predicted octanol–water partition coefficient (Wildman–Crippen LogP) is 4.88. The Bertz CT molecular complexity index is 1100. The molecular weight excluding hydrogens is 410 g/mol. The third-order valence-electron chi connectivity index (χ3n) is 6.36. The Morgan fingerprint density at radius 2 is 1.42 bits per heavy atom. The zero-order valence-electron chi connectivity index (χ0n) is 19.3. The summed E-state index contributed by atoms with van der Waals surface area (Å²) in [4.78, 5) is 28.0. The minimum atomic E-state index is -0.0749. The van der Waals surface area contributed by atoms with Gasteiger partial charge in [0.25, 0.3) is 11.8 Å². The third-order valence-corrected chi connectivity index (χ3v) is 6.36. The number of hydrogen-bond acceptors (Lipinski definition) is 3. The van der Waals surface area contributed by atoms with E-state index in [1.165, 1.54) is 0 Å². The molecule has 5 heteroatoms. The Hall–Kier alpha value is -3.60. The van der Waals surface area contributed by atoms with Crippen LogP contribution in [-0.4, -0.2) is 30.9 Å². The number of carbonyl (C=O) groups is 2. The predicted molar refractivity (Wildman–Crippen MR) is 133 cm³/mol. The molecule has 1 fully saturated rings. The van der Waals surface area contributed by atoms with Crippen LogP contribution in [0.3, 0.4) is 0 Å². The van der Waals surface area contributed by atoms with Crippen LogP contribution in [0.15, 0.2) is 78.9 Å². The van der Waals surface area contributed by atoms with Crippen molar-refractivity contribution in [1.29, 1.82) is 0 Å². The molecule has 2 N–H and O–H groups in total. The van der Waals surface area contributed by atoms with Gasteiger partial charge in [0.1, 0.15) is 0 Å². The summed E-state index contributed by atoms with van der Waals surface area (Å²) in [7, 11) is 0. The highest BCUT2D eigenvalue weighted by Crippen LogP contribution is 2.25. The number of nitrogens with one attached hydrogen (secondary N) is 2. The first kappa shape index (κ1) is 22.6. The third kappa shape index (κ3) is 5.43. The molecule has 170 valence electrons. The number of anilines is 1. The van der Waals surface area contributed by atoms with Crippen molar-refractivity contribution in [3.63, 3.8) is 0 Å². The summed E-state index contributed by atoms with van der Waals surface area (Å²) in [6.45, 7) is 5.53. The fourth-order valence-corrected chi connectivity index (χ4v) is 4.40. The largest absolute Gasteiger partial charge is 0.371 e. The Balaban J connectivity index is 1.38. The van der Waals surface area contributed by atoms with Gasteiger partial charge in [0, 0.05) is 30.4 Å². The molecule has 0 saturated carbocycles. The molecule has 1 heterocycles. The van der Waals surface area contributed by atoms with Crippen molar-refractivity contribution >= 4 is 17.5 Å². The fraction of sp³-hybridized carbons (Fsp3) is 0.286. The first-order valence-electron chi connectivity index (χ1n) is 11.6. The quantitative estimate of drug-likeness (QED) is 0.573. The van der Waals surface area contributed by atoms with Crippen LogP contribution < -0.4 is 15.5 Å². The lowest BCUT2D eigenvalue weighted by Crippen LogP contribution is -2.45. The molecule has 1 atom stereocenters. The van der Waals surface area contributed by atoms with E-state index in [0.717, 1.165) is 48.3 Å². The van der Waals surface area contributed by atoms with Crippen molar-refractivity contribution in [2.45, 2.75) is 38.8 Å². The molecule has 3 aromatic rings. The Kier molecular flexibility index (Phi) is 7.08. The van der Waals surface area contributed by atoms with Crippen LogP contribution in [0.1, 0.15) is 57.7 Å². The maximum absolute atomic E-state index is 13.1. The van der Waals surface area contributed by atoms with Crippen molar-refractivity contribution in [2.75, 3.05) is 18.0 Å². The van der Waals surface area contributed by atoms with Crippen LogP contribution in [0, 0.1) is 6.92 Å². The number of amides is 2. The van der Waals surface area contributed by atoms with E-state index in [2.05, 4.69) is 15.5 Å². The highest BCUT2D eigenvalue weighted by Gasteiger charge is 2.25. The van der Waals surface area contributed by atoms with Gasteiger partial charge >= 0.3 is 0 Å². The van der Waals surface area contributed by atoms with Crippen LogP contribution in [0.2, 0.25) is 0 Å². The second kappa shape index (κ2) is 10.3. The smallest absolute Gasteiger partial charge is 0.253 e. The van der Waals surface area contributed by atoms with Crippen LogP contribution in [0.4, 0.5) is 5.69 Å². The van der Waals surface area contributed by atoms with Gasteiger partial charge in [-0.3, -0.25) is 9.59 Å². The van der Waals surface area contributed by atoms with E-state index in [0.29, 0.717) is 5.56 Å². The number of benzene rings is 3. The second-order valence-electron chi connectivity index (χ2n) is 8.67. The molecule has 0 aromatic heterocycles. The maximum atomic E-state index is 13.1. The topological polar surface area (TPSA) is 61.4 Å². The molecule has 0 spiro atoms. The molecule has 1 aliphatic rings. The van der Waals surface area contributed by atoms with Gasteiger partial charge in [0.15, 0.2) is 0 Å². The molecule has 3 aromatic carbocycles. The van der Waals surface area contributed by atoms with Gasteiger partial charge in [-0.05, 0) is 56.0 Å². The van der Waals surface area contributed by atoms with Crippen LogP contribution in [0.25, 0.3) is 0 Å². The summed E-state index contributed by atoms with van der Waals surface area (Å²) in [6, 6.07) is 25.5. The Morgan fingerprint density at radius 1 is 0.818 bits per heavy atom. The zero-order chi connectivity index (χ0) is 23.2. The molecule has 1 saturated heterocycles. The first-order chi connectivity index (χ1) is 16.0. The van der Waals surface area contributed by atoms with Gasteiger partial charge in [-0.2, -0.15) is 0 Å². The number of hydrogen-bond donors (Lipinski definition) is 2. The van der Waals surface area contributed by atoms with Crippen molar-refractivity contribution < 1.29 is 9.59 Å². The van der Waals surface area contributed by atoms with E-state index >= 15 is 0 Å². The molecule has 5 nitrogen and oxygen atoms in total. The van der Waals surface area contributed by atoms with Gasteiger partial charge in [-0.25, -0.2) is 0 Å². The van der Waals surface area contributed by atoms with Crippen molar-refractivity contribution in [3.8, 4) is 0 Å². The number of piperidine rings is 1. The summed E-state index contributed by atoms with van der Waals surface area (Å²) >= 11 is 0. The van der Waals surface area contributed by atoms with E-state index in [1.54, 1.807) is 0 Å². The van der Waals surface area contributed by atoms with Crippen molar-refractivity contribution in [2.24, 2.45) is 0 Å². The van der Waals surface area contributed by atoms with E-state index in [-0.39, 0.29) is 23.9 Å². The normalized spacial score (nSPS) is 15.0. The number of carbonyl (C=O) groups excluding carboxylic acids is 2. The minimum Gasteiger partial charge on any atom is -0.371 e. The van der Waals surface area contributed by atoms with Gasteiger partial charge in [0.2, 0.25) is 0 Å². The lowest BCUT2D eigenvalue weighted by Gasteiger charge is -2.35. The van der Waals surface area contributed by atoms with Crippen LogP contribution in [0.5, 0.6) is 0 Å². The van der Waals surface area contributed by atoms with E-state index in [9.17, 15) is 9.59 Å². The molecule has 33 heavy (non-hydrogen) atoms. The molecule has 1 aliphatic heterocycles. The van der Waals surface area contributed by atoms with E-state index in [4.69, 9.17) is 0 Å². The average molecular weight is 442 g/mol. The molecule has 0 bridgehead atoms. The monoisotopic (exact) mass is 441 g/mol. The molecule has 4 rings (SSSR count). The number of aryl methyl sites for hydroxylation is 1. The number of nitrogens with zero attached hydrogens (tertiary/aromatic N) is 1. The summed E-state index contributed by atoms with van der Waals surface area (Å²) in [6.07, 6.45) is 1.68. The standard InChI is InChI=1S/C28H31N3O2/c1-20-10-6-7-13-24(20)27(32)30-23-16-18-31(19-17-23)26-15-9-8-14-25(26)28(33)29-21(2)22-11-4-3-5-12-22/h3-15,21,23H,16-19H2,1-2H3,(H,29,33)(H,30,32). The summed E-state index contributed by atoms with van der Waals surface area (Å²) < 4.78 is 0. The van der Waals surface area contributed by atoms with Crippen molar-refractivity contribution in [1.82, 2.24) is 10.6 Å². The van der Waals surface area contributed by atoms with Crippen molar-refractivity contribution in [3.05, 3.63) is 101 Å². The second-order valence-corrected chi connectivity index (χ2v) is 8.67. The minimum absolute atomic E-state index is 0.0128. The van der Waals surface area contributed by atoms with Gasteiger partial charge in [0.05, 0.1) is 11.6 Å². The van der Waals surface area contributed by atoms with E-state index in [1.807, 2.05) is 92.7 Å². The van der Waals surface area contributed by atoms with Gasteiger partial charge in [-0.1, -0.05) is 60.7 Å². The lowest BCUT2D eigenvalue weighted by molar-refractivity contribution is 0.0927. The van der Waals surface area contributed by atoms with Crippen LogP contribution >= 0.6 is 0 Å².